The van der Waals surface area contributed by atoms with Gasteiger partial charge in [0.1, 0.15) is 5.00 Å². The number of para-hydroxylation sites is 1. The van der Waals surface area contributed by atoms with Gasteiger partial charge in [0, 0.05) is 20.8 Å². The molecular formula is C29H26Cl2N2O3S. The monoisotopic (exact) mass is 552 g/mol. The lowest BCUT2D eigenvalue weighted by Crippen LogP contribution is -2.19. The number of aromatic nitrogens is 1. The van der Waals surface area contributed by atoms with Crippen LogP contribution in [0.15, 0.2) is 48.5 Å². The van der Waals surface area contributed by atoms with Crippen molar-refractivity contribution in [1.29, 1.82) is 0 Å². The summed E-state index contributed by atoms with van der Waals surface area (Å²) in [5.41, 5.74) is 3.81. The summed E-state index contributed by atoms with van der Waals surface area (Å²) in [5, 5.41) is 5.24. The van der Waals surface area contributed by atoms with Gasteiger partial charge in [-0.1, -0.05) is 48.3 Å². The van der Waals surface area contributed by atoms with Crippen LogP contribution < -0.4 is 5.32 Å². The lowest BCUT2D eigenvalue weighted by Gasteiger charge is -2.19. The third-order valence-corrected chi connectivity index (χ3v) is 8.17. The van der Waals surface area contributed by atoms with Gasteiger partial charge in [0.25, 0.3) is 5.91 Å². The SMILES string of the molecule is CC1CCc2c(sc(NC(=O)c3cc(-c4ccc(Cl)cc4Cl)nc4ccccc34)c2C(=O)OC(C)C)C1. The number of benzene rings is 2. The lowest BCUT2D eigenvalue weighted by molar-refractivity contribution is 0.0378. The molecule has 190 valence electrons. The summed E-state index contributed by atoms with van der Waals surface area (Å²) >= 11 is 14.0. The Balaban J connectivity index is 1.59. The largest absolute Gasteiger partial charge is 0.459 e. The number of esters is 1. The Hall–Kier alpha value is -2.93. The van der Waals surface area contributed by atoms with Crippen LogP contribution >= 0.6 is 34.5 Å². The molecule has 5 nitrogen and oxygen atoms in total. The quantitative estimate of drug-likeness (QED) is 0.253. The van der Waals surface area contributed by atoms with Crippen LogP contribution in [0.3, 0.4) is 0 Å². The highest BCUT2D eigenvalue weighted by Crippen LogP contribution is 2.41. The molecule has 1 aliphatic carbocycles. The van der Waals surface area contributed by atoms with Gasteiger partial charge in [-0.05, 0) is 74.9 Å². The van der Waals surface area contributed by atoms with E-state index in [1.165, 1.54) is 11.3 Å². The molecule has 2 aromatic heterocycles. The van der Waals surface area contributed by atoms with Crippen molar-refractivity contribution in [2.75, 3.05) is 5.32 Å². The van der Waals surface area contributed by atoms with Crippen molar-refractivity contribution in [3.8, 4) is 11.3 Å². The van der Waals surface area contributed by atoms with Crippen LogP contribution in [0.5, 0.6) is 0 Å². The lowest BCUT2D eigenvalue weighted by atomic mass is 9.88. The molecule has 1 unspecified atom stereocenters. The summed E-state index contributed by atoms with van der Waals surface area (Å²) in [5.74, 6) is -0.194. The van der Waals surface area contributed by atoms with Crippen LogP contribution in [0.25, 0.3) is 22.2 Å². The molecule has 5 rings (SSSR count). The summed E-state index contributed by atoms with van der Waals surface area (Å²) < 4.78 is 5.57. The Kier molecular flexibility index (Phi) is 7.26. The molecule has 0 spiro atoms. The maximum absolute atomic E-state index is 13.8. The van der Waals surface area contributed by atoms with Crippen LogP contribution in [0, 0.1) is 5.92 Å². The predicted octanol–water partition coefficient (Wildman–Crippen LogP) is 8.21. The fraction of sp³-hybridized carbons (Fsp3) is 0.276. The number of thiophene rings is 1. The maximum Gasteiger partial charge on any atom is 0.341 e. The van der Waals surface area contributed by atoms with E-state index in [1.807, 2.05) is 38.1 Å². The molecule has 2 heterocycles. The van der Waals surface area contributed by atoms with Crippen molar-refractivity contribution < 1.29 is 14.3 Å². The number of anilines is 1. The number of fused-ring (bicyclic) bond motifs is 2. The van der Waals surface area contributed by atoms with Gasteiger partial charge in [0.2, 0.25) is 0 Å². The van der Waals surface area contributed by atoms with Crippen molar-refractivity contribution >= 4 is 62.3 Å². The normalized spacial score (nSPS) is 15.0. The number of carbonyl (C=O) groups excluding carboxylic acids is 2. The number of nitrogens with one attached hydrogen (secondary N) is 1. The number of nitrogens with zero attached hydrogens (tertiary/aromatic N) is 1. The molecule has 1 N–H and O–H groups in total. The minimum Gasteiger partial charge on any atom is -0.459 e. The van der Waals surface area contributed by atoms with Crippen molar-refractivity contribution in [2.24, 2.45) is 5.92 Å². The zero-order valence-electron chi connectivity index (χ0n) is 20.7. The van der Waals surface area contributed by atoms with Crippen LogP contribution in [0.4, 0.5) is 5.00 Å². The van der Waals surface area contributed by atoms with E-state index in [4.69, 9.17) is 32.9 Å². The van der Waals surface area contributed by atoms with Gasteiger partial charge < -0.3 is 10.1 Å². The summed E-state index contributed by atoms with van der Waals surface area (Å²) in [7, 11) is 0. The molecule has 4 aromatic rings. The topological polar surface area (TPSA) is 68.3 Å². The first-order valence-electron chi connectivity index (χ1n) is 12.2. The first-order chi connectivity index (χ1) is 17.7. The number of hydrogen-bond donors (Lipinski definition) is 1. The fourth-order valence-electron chi connectivity index (χ4n) is 4.70. The molecule has 0 saturated heterocycles. The molecule has 0 bridgehead atoms. The van der Waals surface area contributed by atoms with Crippen molar-refractivity contribution in [1.82, 2.24) is 4.98 Å². The minimum absolute atomic E-state index is 0.259. The first kappa shape index (κ1) is 25.7. The van der Waals surface area contributed by atoms with E-state index in [2.05, 4.69) is 12.2 Å². The summed E-state index contributed by atoms with van der Waals surface area (Å²) in [6.07, 6.45) is 2.42. The summed E-state index contributed by atoms with van der Waals surface area (Å²) in [6, 6.07) is 14.4. The highest BCUT2D eigenvalue weighted by atomic mass is 35.5. The van der Waals surface area contributed by atoms with Gasteiger partial charge in [-0.3, -0.25) is 4.79 Å². The molecule has 8 heteroatoms. The van der Waals surface area contributed by atoms with Gasteiger partial charge >= 0.3 is 5.97 Å². The Labute approximate surface area is 229 Å². The Morgan fingerprint density at radius 1 is 1.14 bits per heavy atom. The molecule has 1 amide bonds. The van der Waals surface area contributed by atoms with E-state index in [1.54, 1.807) is 24.3 Å². The van der Waals surface area contributed by atoms with Crippen molar-refractivity contribution in [3.05, 3.63) is 80.1 Å². The minimum atomic E-state index is -0.398. The molecule has 1 atom stereocenters. The summed E-state index contributed by atoms with van der Waals surface area (Å²) in [6.45, 7) is 5.85. The number of amides is 1. The van der Waals surface area contributed by atoms with Gasteiger partial charge in [0.05, 0.1) is 33.5 Å². The van der Waals surface area contributed by atoms with Gasteiger partial charge in [-0.15, -0.1) is 11.3 Å². The molecule has 37 heavy (non-hydrogen) atoms. The summed E-state index contributed by atoms with van der Waals surface area (Å²) in [4.78, 5) is 32.8. The number of carbonyl (C=O) groups is 2. The molecular weight excluding hydrogens is 527 g/mol. The second-order valence-corrected chi connectivity index (χ2v) is 11.6. The number of ether oxygens (including phenoxy) is 1. The average molecular weight is 554 g/mol. The van der Waals surface area contributed by atoms with Crippen LogP contribution in [0.1, 0.15) is 58.3 Å². The Bertz CT molecular complexity index is 1530. The Morgan fingerprint density at radius 2 is 1.92 bits per heavy atom. The van der Waals surface area contributed by atoms with E-state index in [0.29, 0.717) is 54.3 Å². The number of rotatable bonds is 5. The number of hydrogen-bond acceptors (Lipinski definition) is 5. The third kappa shape index (κ3) is 5.24. The van der Waals surface area contributed by atoms with Crippen molar-refractivity contribution in [2.45, 2.75) is 46.1 Å². The highest BCUT2D eigenvalue weighted by molar-refractivity contribution is 7.17. The molecule has 0 radical (unpaired) electrons. The number of halogens is 2. The first-order valence-corrected chi connectivity index (χ1v) is 13.8. The van der Waals surface area contributed by atoms with E-state index in [9.17, 15) is 9.59 Å². The molecule has 0 fully saturated rings. The second-order valence-electron chi connectivity index (χ2n) is 9.66. The zero-order chi connectivity index (χ0) is 26.3. The predicted molar refractivity (Wildman–Crippen MR) is 151 cm³/mol. The average Bonchev–Trinajstić information content (AvgIpc) is 3.19. The van der Waals surface area contributed by atoms with E-state index in [-0.39, 0.29) is 12.0 Å². The second kappa shape index (κ2) is 10.4. The molecule has 0 saturated carbocycles. The van der Waals surface area contributed by atoms with Crippen LogP contribution in [-0.4, -0.2) is 23.0 Å². The molecule has 2 aromatic carbocycles. The maximum atomic E-state index is 13.8. The zero-order valence-corrected chi connectivity index (χ0v) is 23.1. The number of pyridine rings is 1. The fourth-order valence-corrected chi connectivity index (χ4v) is 6.60. The van der Waals surface area contributed by atoms with Gasteiger partial charge in [0.15, 0.2) is 0 Å². The van der Waals surface area contributed by atoms with Gasteiger partial charge in [-0.2, -0.15) is 0 Å². The van der Waals surface area contributed by atoms with Gasteiger partial charge in [-0.25, -0.2) is 9.78 Å². The van der Waals surface area contributed by atoms with Crippen LogP contribution in [-0.2, 0) is 17.6 Å². The third-order valence-electron chi connectivity index (χ3n) is 6.45. The van der Waals surface area contributed by atoms with E-state index in [0.717, 1.165) is 29.7 Å². The smallest absolute Gasteiger partial charge is 0.341 e. The van der Waals surface area contributed by atoms with E-state index >= 15 is 0 Å². The Morgan fingerprint density at radius 3 is 2.68 bits per heavy atom. The molecule has 1 aliphatic rings. The highest BCUT2D eigenvalue weighted by Gasteiger charge is 2.30. The van der Waals surface area contributed by atoms with E-state index < -0.39 is 5.97 Å². The standard InChI is InChI=1S/C29H26Cl2N2O3S/c1-15(2)36-29(35)26-20-10-8-16(3)12-25(20)37-28(26)33-27(34)21-14-24(19-11-9-17(30)13-22(19)31)32-23-7-5-4-6-18(21)23/h4-7,9,11,13-16H,8,10,12H2,1-3H3,(H,33,34). The van der Waals surface area contributed by atoms with Crippen LogP contribution in [0.2, 0.25) is 10.0 Å². The molecule has 0 aliphatic heterocycles. The van der Waals surface area contributed by atoms with Crippen molar-refractivity contribution in [3.63, 3.8) is 0 Å².